The van der Waals surface area contributed by atoms with Crippen LogP contribution >= 0.6 is 0 Å². The molecule has 0 aromatic heterocycles. The van der Waals surface area contributed by atoms with Crippen molar-refractivity contribution in [1.82, 2.24) is 0 Å². The van der Waals surface area contributed by atoms with Gasteiger partial charge in [-0.15, -0.1) is 0 Å². The topological polar surface area (TPSA) is 66.8 Å². The zero-order valence-electron chi connectivity index (χ0n) is 17.9. The van der Waals surface area contributed by atoms with Crippen molar-refractivity contribution in [3.05, 3.63) is 48.1 Å². The van der Waals surface area contributed by atoms with Crippen LogP contribution in [0.5, 0.6) is 11.5 Å². The first kappa shape index (κ1) is 24.8. The van der Waals surface area contributed by atoms with E-state index in [0.717, 1.165) is 32.1 Å². The first-order chi connectivity index (χ1) is 14.1. The second kappa shape index (κ2) is 16.7. The number of hydrogen-bond donors (Lipinski definition) is 2. The molecular formula is C25H38O4. The Balaban J connectivity index is 1.93. The third-order valence-corrected chi connectivity index (χ3v) is 4.69. The van der Waals surface area contributed by atoms with Gasteiger partial charge in [-0.25, -0.2) is 0 Å². The van der Waals surface area contributed by atoms with Crippen molar-refractivity contribution in [3.8, 4) is 11.5 Å². The maximum Gasteiger partial charge on any atom is 0.306 e. The van der Waals surface area contributed by atoms with Gasteiger partial charge in [0.25, 0.3) is 0 Å². The molecule has 1 rings (SSSR count). The number of aromatic hydroxyl groups is 2. The molecule has 0 bridgehead atoms. The highest BCUT2D eigenvalue weighted by atomic mass is 16.5. The Labute approximate surface area is 176 Å². The molecule has 0 amide bonds. The zero-order valence-corrected chi connectivity index (χ0v) is 17.9. The third kappa shape index (κ3) is 14.4. The van der Waals surface area contributed by atoms with Crippen LogP contribution in [0.25, 0.3) is 0 Å². The monoisotopic (exact) mass is 402 g/mol. The third-order valence-electron chi connectivity index (χ3n) is 4.69. The number of carbonyl (C=O) groups is 1. The highest BCUT2D eigenvalue weighted by Gasteiger charge is 2.05. The molecule has 0 aliphatic heterocycles. The second-order valence-corrected chi connectivity index (χ2v) is 7.50. The second-order valence-electron chi connectivity index (χ2n) is 7.50. The maximum absolute atomic E-state index is 11.8. The number of carbonyl (C=O) groups excluding carboxylic acids is 1. The van der Waals surface area contributed by atoms with Crippen LogP contribution in [0.2, 0.25) is 0 Å². The average molecular weight is 403 g/mol. The molecular weight excluding hydrogens is 364 g/mol. The Morgan fingerprint density at radius 2 is 1.41 bits per heavy atom. The summed E-state index contributed by atoms with van der Waals surface area (Å²) in [6.45, 7) is 2.30. The van der Waals surface area contributed by atoms with Crippen molar-refractivity contribution >= 4 is 5.97 Å². The van der Waals surface area contributed by atoms with E-state index in [-0.39, 0.29) is 24.1 Å². The first-order valence-electron chi connectivity index (χ1n) is 11.1. The lowest BCUT2D eigenvalue weighted by Crippen LogP contribution is -2.04. The molecule has 1 aromatic rings. The lowest BCUT2D eigenvalue weighted by molar-refractivity contribution is -0.145. The highest BCUT2D eigenvalue weighted by molar-refractivity contribution is 5.69. The fourth-order valence-corrected chi connectivity index (χ4v) is 3.06. The molecule has 0 atom stereocenters. The van der Waals surface area contributed by atoms with Crippen molar-refractivity contribution in [2.45, 2.75) is 90.6 Å². The highest BCUT2D eigenvalue weighted by Crippen LogP contribution is 2.21. The van der Waals surface area contributed by atoms with Gasteiger partial charge < -0.3 is 14.9 Å². The van der Waals surface area contributed by atoms with Crippen molar-refractivity contribution in [3.63, 3.8) is 0 Å². The number of phenolic OH excluding ortho intramolecular Hbond substituents is 2. The summed E-state index contributed by atoms with van der Waals surface area (Å²) >= 11 is 0. The van der Waals surface area contributed by atoms with Gasteiger partial charge in [0.2, 0.25) is 0 Å². The summed E-state index contributed by atoms with van der Waals surface area (Å²) < 4.78 is 5.18. The summed E-state index contributed by atoms with van der Waals surface area (Å²) in [7, 11) is 0. The van der Waals surface area contributed by atoms with Gasteiger partial charge in [-0.2, -0.15) is 0 Å². The number of esters is 1. The predicted octanol–water partition coefficient (Wildman–Crippen LogP) is 6.95. The Bertz CT molecular complexity index is 599. The van der Waals surface area contributed by atoms with Crippen molar-refractivity contribution in [1.29, 1.82) is 0 Å². The average Bonchev–Trinajstić information content (AvgIpc) is 2.68. The summed E-state index contributed by atoms with van der Waals surface area (Å²) in [6, 6.07) is 4.20. The minimum Gasteiger partial charge on any atom is -0.508 e. The molecule has 29 heavy (non-hydrogen) atoms. The minimum atomic E-state index is -0.237. The SMILES string of the molecule is CCCCC/C=C\C/C=C\CCCCCCCC(=O)OCc1cc(O)cc(O)c1. The molecule has 0 heterocycles. The molecule has 1 aromatic carbocycles. The van der Waals surface area contributed by atoms with E-state index >= 15 is 0 Å². The summed E-state index contributed by atoms with van der Waals surface area (Å²) in [5.74, 6) is -0.312. The molecule has 0 unspecified atom stereocenters. The van der Waals surface area contributed by atoms with E-state index < -0.39 is 0 Å². The molecule has 0 radical (unpaired) electrons. The van der Waals surface area contributed by atoms with Gasteiger partial charge in [-0.05, 0) is 56.2 Å². The lowest BCUT2D eigenvalue weighted by atomic mass is 10.1. The summed E-state index contributed by atoms with van der Waals surface area (Å²) in [5, 5.41) is 18.8. The van der Waals surface area contributed by atoms with Crippen LogP contribution in [0.4, 0.5) is 0 Å². The molecule has 0 fully saturated rings. The van der Waals surface area contributed by atoms with Gasteiger partial charge in [-0.3, -0.25) is 4.79 Å². The van der Waals surface area contributed by atoms with Crippen molar-refractivity contribution < 1.29 is 19.7 Å². The Kier molecular flexibility index (Phi) is 14.3. The number of rotatable bonds is 16. The fraction of sp³-hybridized carbons (Fsp3) is 0.560. The van der Waals surface area contributed by atoms with Gasteiger partial charge in [-0.1, -0.05) is 63.3 Å². The number of benzene rings is 1. The Hall–Kier alpha value is -2.23. The van der Waals surface area contributed by atoms with E-state index in [1.54, 1.807) is 0 Å². The fourth-order valence-electron chi connectivity index (χ4n) is 3.06. The molecule has 0 saturated heterocycles. The molecule has 0 saturated carbocycles. The van der Waals surface area contributed by atoms with Crippen LogP contribution in [-0.2, 0) is 16.1 Å². The number of unbranched alkanes of at least 4 members (excludes halogenated alkanes) is 8. The quantitative estimate of drug-likeness (QED) is 0.178. The van der Waals surface area contributed by atoms with Crippen LogP contribution in [0.15, 0.2) is 42.5 Å². The first-order valence-corrected chi connectivity index (χ1v) is 11.1. The van der Waals surface area contributed by atoms with E-state index in [4.69, 9.17) is 4.74 Å². The van der Waals surface area contributed by atoms with Gasteiger partial charge in [0.1, 0.15) is 18.1 Å². The van der Waals surface area contributed by atoms with E-state index in [0.29, 0.717) is 12.0 Å². The largest absolute Gasteiger partial charge is 0.508 e. The summed E-state index contributed by atoms with van der Waals surface area (Å²) in [4.78, 5) is 11.8. The normalized spacial score (nSPS) is 11.5. The smallest absolute Gasteiger partial charge is 0.306 e. The zero-order chi connectivity index (χ0) is 21.2. The lowest BCUT2D eigenvalue weighted by Gasteiger charge is -2.06. The van der Waals surface area contributed by atoms with Gasteiger partial charge in [0.15, 0.2) is 0 Å². The standard InChI is InChI=1S/C25H38O4/c1-2-3-4-5-6-7-8-9-10-11-12-13-14-15-16-17-25(28)29-21-22-18-23(26)20-24(27)19-22/h6-7,9-10,18-20,26-27H,2-5,8,11-17,21H2,1H3/b7-6-,10-9-. The van der Waals surface area contributed by atoms with E-state index in [1.807, 2.05) is 0 Å². The Morgan fingerprint density at radius 3 is 2.07 bits per heavy atom. The molecule has 0 spiro atoms. The van der Waals surface area contributed by atoms with Gasteiger partial charge >= 0.3 is 5.97 Å². The molecule has 4 nitrogen and oxygen atoms in total. The molecule has 162 valence electrons. The minimum absolute atomic E-state index is 0.0373. The molecule has 2 N–H and O–H groups in total. The summed E-state index contributed by atoms with van der Waals surface area (Å²) in [5.41, 5.74) is 0.580. The van der Waals surface area contributed by atoms with Crippen LogP contribution in [0, 0.1) is 0 Å². The van der Waals surface area contributed by atoms with Crippen LogP contribution in [-0.4, -0.2) is 16.2 Å². The van der Waals surface area contributed by atoms with Crippen LogP contribution < -0.4 is 0 Å². The van der Waals surface area contributed by atoms with E-state index in [9.17, 15) is 15.0 Å². The number of allylic oxidation sites excluding steroid dienone is 4. The maximum atomic E-state index is 11.8. The Morgan fingerprint density at radius 1 is 0.828 bits per heavy atom. The van der Waals surface area contributed by atoms with Crippen molar-refractivity contribution in [2.75, 3.05) is 0 Å². The van der Waals surface area contributed by atoms with E-state index in [2.05, 4.69) is 31.2 Å². The number of ether oxygens (including phenoxy) is 1. The van der Waals surface area contributed by atoms with Gasteiger partial charge in [0.05, 0.1) is 0 Å². The van der Waals surface area contributed by atoms with E-state index in [1.165, 1.54) is 56.7 Å². The van der Waals surface area contributed by atoms with Crippen LogP contribution in [0.1, 0.15) is 89.5 Å². The number of hydrogen-bond acceptors (Lipinski definition) is 4. The molecule has 4 heteroatoms. The van der Waals surface area contributed by atoms with Gasteiger partial charge in [0, 0.05) is 12.5 Å². The summed E-state index contributed by atoms with van der Waals surface area (Å²) in [6.07, 6.45) is 22.2. The van der Waals surface area contributed by atoms with Crippen molar-refractivity contribution in [2.24, 2.45) is 0 Å². The predicted molar refractivity (Wildman–Crippen MR) is 119 cm³/mol. The molecule has 0 aliphatic carbocycles. The molecule has 0 aliphatic rings. The number of phenols is 2. The van der Waals surface area contributed by atoms with Crippen LogP contribution in [0.3, 0.4) is 0 Å².